The third-order valence-corrected chi connectivity index (χ3v) is 4.81. The van der Waals surface area contributed by atoms with Crippen LogP contribution in [0.3, 0.4) is 0 Å². The highest BCUT2D eigenvalue weighted by atomic mass is 35.5. The van der Waals surface area contributed by atoms with Crippen molar-refractivity contribution in [2.45, 2.75) is 39.8 Å². The third-order valence-electron chi connectivity index (χ3n) is 4.46. The minimum absolute atomic E-state index is 0.0289. The summed E-state index contributed by atoms with van der Waals surface area (Å²) in [6.07, 6.45) is 0.107. The van der Waals surface area contributed by atoms with Gasteiger partial charge in [-0.2, -0.15) is 0 Å². The molecule has 0 saturated heterocycles. The van der Waals surface area contributed by atoms with Crippen molar-refractivity contribution < 1.29 is 9.53 Å². The van der Waals surface area contributed by atoms with Crippen molar-refractivity contribution in [1.29, 1.82) is 0 Å². The van der Waals surface area contributed by atoms with Crippen molar-refractivity contribution in [1.82, 2.24) is 10.2 Å². The van der Waals surface area contributed by atoms with Crippen molar-refractivity contribution in [2.24, 2.45) is 0 Å². The van der Waals surface area contributed by atoms with Crippen LogP contribution in [-0.2, 0) is 0 Å². The van der Waals surface area contributed by atoms with E-state index in [2.05, 4.69) is 24.1 Å². The molecule has 2 rings (SSSR count). The van der Waals surface area contributed by atoms with Gasteiger partial charge >= 0.3 is 0 Å². The molecule has 1 N–H and O–H groups in total. The van der Waals surface area contributed by atoms with Gasteiger partial charge < -0.3 is 10.1 Å². The lowest BCUT2D eigenvalue weighted by molar-refractivity contribution is 0.0935. The number of carbonyl (C=O) groups excluding carboxylic acids is 1. The number of nitrogens with one attached hydrogen (secondary N) is 1. The van der Waals surface area contributed by atoms with Crippen LogP contribution in [0.4, 0.5) is 0 Å². The van der Waals surface area contributed by atoms with E-state index in [1.165, 1.54) is 0 Å². The number of ether oxygens (including phenoxy) is 1. The number of amides is 1. The molecule has 0 bridgehead atoms. The summed E-state index contributed by atoms with van der Waals surface area (Å²) in [5.74, 6) is 0.661. The molecular formula is C22H29ClN2O2. The van der Waals surface area contributed by atoms with E-state index < -0.39 is 0 Å². The molecule has 27 heavy (non-hydrogen) atoms. The molecule has 0 spiro atoms. The number of carbonyl (C=O) groups is 1. The molecule has 4 nitrogen and oxygen atoms in total. The van der Waals surface area contributed by atoms with Crippen LogP contribution in [0.15, 0.2) is 48.5 Å². The Kier molecular flexibility index (Phi) is 8.14. The fraction of sp³-hybridized carbons (Fsp3) is 0.409. The second kappa shape index (κ2) is 10.3. The topological polar surface area (TPSA) is 41.6 Å². The van der Waals surface area contributed by atoms with E-state index in [1.807, 2.05) is 50.2 Å². The first-order valence-electron chi connectivity index (χ1n) is 9.49. The van der Waals surface area contributed by atoms with Crippen LogP contribution in [0.2, 0.25) is 5.02 Å². The summed E-state index contributed by atoms with van der Waals surface area (Å²) in [6.45, 7) is 10.4. The predicted octanol–water partition coefficient (Wildman–Crippen LogP) is 4.94. The fourth-order valence-corrected chi connectivity index (χ4v) is 3.36. The molecule has 0 aliphatic heterocycles. The number of hydrogen-bond acceptors (Lipinski definition) is 3. The second-order valence-corrected chi connectivity index (χ2v) is 7.07. The van der Waals surface area contributed by atoms with Crippen molar-refractivity contribution >= 4 is 17.5 Å². The van der Waals surface area contributed by atoms with Crippen LogP contribution in [0.1, 0.15) is 49.7 Å². The lowest BCUT2D eigenvalue weighted by Crippen LogP contribution is -2.38. The molecule has 0 aliphatic carbocycles. The van der Waals surface area contributed by atoms with Gasteiger partial charge in [-0.05, 0) is 62.8 Å². The van der Waals surface area contributed by atoms with Gasteiger partial charge in [-0.3, -0.25) is 9.69 Å². The summed E-state index contributed by atoms with van der Waals surface area (Å²) in [5, 5.41) is 3.78. The predicted molar refractivity (Wildman–Crippen MR) is 112 cm³/mol. The van der Waals surface area contributed by atoms with Crippen LogP contribution in [0, 0.1) is 0 Å². The molecule has 0 aromatic heterocycles. The zero-order chi connectivity index (χ0) is 19.8. The Hall–Kier alpha value is -2.04. The molecule has 0 aliphatic rings. The monoisotopic (exact) mass is 388 g/mol. The Balaban J connectivity index is 2.10. The molecule has 0 heterocycles. The van der Waals surface area contributed by atoms with E-state index in [0.717, 1.165) is 29.4 Å². The molecule has 1 amide bonds. The summed E-state index contributed by atoms with van der Waals surface area (Å²) >= 11 is 6.41. The minimum Gasteiger partial charge on any atom is -0.491 e. The number of hydrogen-bond donors (Lipinski definition) is 1. The number of benzene rings is 2. The first-order valence-corrected chi connectivity index (χ1v) is 9.87. The lowest BCUT2D eigenvalue weighted by atomic mass is 10.0. The van der Waals surface area contributed by atoms with E-state index in [9.17, 15) is 4.79 Å². The van der Waals surface area contributed by atoms with E-state index >= 15 is 0 Å². The van der Waals surface area contributed by atoms with Crippen molar-refractivity contribution in [3.63, 3.8) is 0 Å². The van der Waals surface area contributed by atoms with Crippen LogP contribution >= 0.6 is 11.6 Å². The first kappa shape index (κ1) is 21.3. The quantitative estimate of drug-likeness (QED) is 0.661. The maximum absolute atomic E-state index is 12.6. The van der Waals surface area contributed by atoms with E-state index in [4.69, 9.17) is 16.3 Å². The molecule has 0 radical (unpaired) electrons. The molecule has 0 fully saturated rings. The second-order valence-electron chi connectivity index (χ2n) is 6.66. The van der Waals surface area contributed by atoms with E-state index in [0.29, 0.717) is 12.1 Å². The van der Waals surface area contributed by atoms with Crippen LogP contribution in [0.25, 0.3) is 0 Å². The van der Waals surface area contributed by atoms with E-state index in [-0.39, 0.29) is 18.1 Å². The molecule has 5 heteroatoms. The van der Waals surface area contributed by atoms with Gasteiger partial charge in [-0.25, -0.2) is 0 Å². The Labute approximate surface area is 167 Å². The molecule has 0 unspecified atom stereocenters. The van der Waals surface area contributed by atoms with Crippen LogP contribution in [-0.4, -0.2) is 36.5 Å². The zero-order valence-electron chi connectivity index (χ0n) is 16.5. The van der Waals surface area contributed by atoms with Gasteiger partial charge in [0.2, 0.25) is 0 Å². The standard InChI is InChI=1S/C22H29ClN2O2/c1-5-25(6-2)21(19-9-7-8-10-20(19)23)15-24-22(26)17-11-13-18(14-12-17)27-16(3)4/h7-14,16,21H,5-6,15H2,1-4H3,(H,24,26)/t21-/m1/s1. The number of rotatable bonds is 9. The SMILES string of the molecule is CCN(CC)[C@H](CNC(=O)c1ccc(OC(C)C)cc1)c1ccccc1Cl. The Bertz CT molecular complexity index is 727. The Morgan fingerprint density at radius 3 is 2.26 bits per heavy atom. The smallest absolute Gasteiger partial charge is 0.251 e. The maximum atomic E-state index is 12.6. The average Bonchev–Trinajstić information content (AvgIpc) is 2.66. The van der Waals surface area contributed by atoms with Gasteiger partial charge in [-0.15, -0.1) is 0 Å². The number of halogens is 1. The number of likely N-dealkylation sites (N-methyl/N-ethyl adjacent to an activating group) is 1. The summed E-state index contributed by atoms with van der Waals surface area (Å²) in [6, 6.07) is 15.1. The summed E-state index contributed by atoms with van der Waals surface area (Å²) in [4.78, 5) is 14.9. The van der Waals surface area contributed by atoms with Gasteiger partial charge in [0.15, 0.2) is 0 Å². The van der Waals surface area contributed by atoms with Gasteiger partial charge in [0.1, 0.15) is 5.75 Å². The first-order chi connectivity index (χ1) is 13.0. The van der Waals surface area contributed by atoms with Gasteiger partial charge in [0.05, 0.1) is 12.1 Å². The van der Waals surface area contributed by atoms with Gasteiger partial charge in [0.25, 0.3) is 5.91 Å². The highest BCUT2D eigenvalue weighted by Gasteiger charge is 2.21. The minimum atomic E-state index is -0.102. The van der Waals surface area contributed by atoms with Gasteiger partial charge in [-0.1, -0.05) is 43.6 Å². The normalized spacial score (nSPS) is 12.3. The molecular weight excluding hydrogens is 360 g/mol. The summed E-state index contributed by atoms with van der Waals surface area (Å²) in [7, 11) is 0. The maximum Gasteiger partial charge on any atom is 0.251 e. The average molecular weight is 389 g/mol. The highest BCUT2D eigenvalue weighted by molar-refractivity contribution is 6.31. The van der Waals surface area contributed by atoms with Crippen molar-refractivity contribution in [2.75, 3.05) is 19.6 Å². The molecule has 1 atom stereocenters. The van der Waals surface area contributed by atoms with Crippen molar-refractivity contribution in [3.8, 4) is 5.75 Å². The third kappa shape index (κ3) is 5.98. The molecule has 146 valence electrons. The van der Waals surface area contributed by atoms with E-state index in [1.54, 1.807) is 12.1 Å². The summed E-state index contributed by atoms with van der Waals surface area (Å²) < 4.78 is 5.63. The van der Waals surface area contributed by atoms with Crippen LogP contribution in [0.5, 0.6) is 5.75 Å². The van der Waals surface area contributed by atoms with Crippen LogP contribution < -0.4 is 10.1 Å². The van der Waals surface area contributed by atoms with Gasteiger partial charge in [0, 0.05) is 17.1 Å². The summed E-state index contributed by atoms with van der Waals surface area (Å²) in [5.41, 5.74) is 1.65. The number of nitrogens with zero attached hydrogens (tertiary/aromatic N) is 1. The molecule has 2 aromatic rings. The molecule has 0 saturated carbocycles. The highest BCUT2D eigenvalue weighted by Crippen LogP contribution is 2.27. The lowest BCUT2D eigenvalue weighted by Gasteiger charge is -2.31. The zero-order valence-corrected chi connectivity index (χ0v) is 17.3. The largest absolute Gasteiger partial charge is 0.491 e. The Morgan fingerprint density at radius 1 is 1.07 bits per heavy atom. The van der Waals surface area contributed by atoms with Crippen molar-refractivity contribution in [3.05, 3.63) is 64.7 Å². The fourth-order valence-electron chi connectivity index (χ4n) is 3.09. The molecule has 2 aromatic carbocycles. The Morgan fingerprint density at radius 2 is 1.70 bits per heavy atom.